The van der Waals surface area contributed by atoms with Crippen molar-refractivity contribution >= 4 is 23.2 Å². The Morgan fingerprint density at radius 3 is 2.63 bits per heavy atom. The lowest BCUT2D eigenvalue weighted by atomic mass is 10.1. The summed E-state index contributed by atoms with van der Waals surface area (Å²) >= 11 is 5.97. The molecule has 0 radical (unpaired) electrons. The molecule has 0 bridgehead atoms. The molecule has 1 aliphatic rings. The molecule has 1 unspecified atom stereocenters. The van der Waals surface area contributed by atoms with E-state index in [4.69, 9.17) is 11.6 Å². The zero-order valence-corrected chi connectivity index (χ0v) is 10.8. The molecule has 1 N–H and O–H groups in total. The molecule has 0 aliphatic carbocycles. The van der Waals surface area contributed by atoms with Crippen molar-refractivity contribution in [2.24, 2.45) is 0 Å². The molecule has 1 heterocycles. The van der Waals surface area contributed by atoms with Crippen molar-refractivity contribution in [3.63, 3.8) is 0 Å². The van der Waals surface area contributed by atoms with Gasteiger partial charge in [0.2, 0.25) is 0 Å². The van der Waals surface area contributed by atoms with Gasteiger partial charge in [-0.2, -0.15) is 0 Å². The Labute approximate surface area is 116 Å². The monoisotopic (exact) mass is 273 g/mol. The predicted molar refractivity (Wildman–Crippen MR) is 74.0 cm³/mol. The molecule has 19 heavy (non-hydrogen) atoms. The summed E-state index contributed by atoms with van der Waals surface area (Å²) in [6, 6.07) is 14.8. The van der Waals surface area contributed by atoms with Gasteiger partial charge in [-0.05, 0) is 17.7 Å². The Bertz CT molecular complexity index is 627. The van der Waals surface area contributed by atoms with E-state index in [2.05, 4.69) is 0 Å². The van der Waals surface area contributed by atoms with E-state index < -0.39 is 6.10 Å². The number of amides is 1. The van der Waals surface area contributed by atoms with Crippen LogP contribution in [0.3, 0.4) is 0 Å². The van der Waals surface area contributed by atoms with E-state index in [9.17, 15) is 9.90 Å². The van der Waals surface area contributed by atoms with Crippen LogP contribution in [-0.4, -0.2) is 11.0 Å². The Balaban J connectivity index is 1.99. The maximum atomic E-state index is 12.1. The number of aliphatic hydroxyl groups is 1. The van der Waals surface area contributed by atoms with Gasteiger partial charge in [-0.1, -0.05) is 48.0 Å². The van der Waals surface area contributed by atoms with Crippen LogP contribution in [0.25, 0.3) is 0 Å². The fourth-order valence-electron chi connectivity index (χ4n) is 2.31. The molecular formula is C15H12ClNO2. The van der Waals surface area contributed by atoms with Gasteiger partial charge < -0.3 is 10.0 Å². The van der Waals surface area contributed by atoms with Gasteiger partial charge >= 0.3 is 0 Å². The zero-order valence-electron chi connectivity index (χ0n) is 10.1. The first-order chi connectivity index (χ1) is 9.16. The van der Waals surface area contributed by atoms with Crippen LogP contribution in [0.1, 0.15) is 17.2 Å². The molecule has 0 fully saturated rings. The Morgan fingerprint density at radius 1 is 1.16 bits per heavy atom. The second kappa shape index (κ2) is 4.68. The van der Waals surface area contributed by atoms with Crippen molar-refractivity contribution in [2.75, 3.05) is 4.90 Å². The topological polar surface area (TPSA) is 40.5 Å². The fourth-order valence-corrected chi connectivity index (χ4v) is 2.48. The summed E-state index contributed by atoms with van der Waals surface area (Å²) in [7, 11) is 0. The molecule has 96 valence electrons. The largest absolute Gasteiger partial charge is 0.378 e. The number of aliphatic hydroxyl groups excluding tert-OH is 1. The minimum absolute atomic E-state index is 0.305. The first kappa shape index (κ1) is 12.2. The molecule has 3 nitrogen and oxygen atoms in total. The van der Waals surface area contributed by atoms with Gasteiger partial charge in [0.25, 0.3) is 5.91 Å². The number of carbonyl (C=O) groups excluding carboxylic acids is 1. The lowest BCUT2D eigenvalue weighted by Crippen LogP contribution is -2.28. The third-order valence-corrected chi connectivity index (χ3v) is 3.50. The Kier molecular flexibility index (Phi) is 3.01. The van der Waals surface area contributed by atoms with Gasteiger partial charge in [-0.25, -0.2) is 0 Å². The highest BCUT2D eigenvalue weighted by Crippen LogP contribution is 2.38. The van der Waals surface area contributed by atoms with E-state index in [1.165, 1.54) is 0 Å². The maximum Gasteiger partial charge on any atom is 0.260 e. The summed E-state index contributed by atoms with van der Waals surface area (Å²) in [5, 5.41) is 10.5. The average Bonchev–Trinajstić information content (AvgIpc) is 2.65. The van der Waals surface area contributed by atoms with Gasteiger partial charge in [-0.15, -0.1) is 0 Å². The van der Waals surface area contributed by atoms with Crippen LogP contribution in [-0.2, 0) is 11.3 Å². The van der Waals surface area contributed by atoms with Gasteiger partial charge in [0, 0.05) is 10.6 Å². The molecule has 4 heteroatoms. The SMILES string of the molecule is O=C1C(O)c2ccc(Cl)cc2N1Cc1ccccc1. The van der Waals surface area contributed by atoms with E-state index in [1.807, 2.05) is 30.3 Å². The van der Waals surface area contributed by atoms with E-state index >= 15 is 0 Å². The summed E-state index contributed by atoms with van der Waals surface area (Å²) < 4.78 is 0. The standard InChI is InChI=1S/C15H12ClNO2/c16-11-6-7-12-13(8-11)17(15(19)14(12)18)9-10-4-2-1-3-5-10/h1-8,14,18H,9H2. The Hall–Kier alpha value is -1.84. The first-order valence-corrected chi connectivity index (χ1v) is 6.37. The first-order valence-electron chi connectivity index (χ1n) is 5.99. The quantitative estimate of drug-likeness (QED) is 0.914. The lowest BCUT2D eigenvalue weighted by Gasteiger charge is -2.17. The molecule has 2 aromatic carbocycles. The second-order valence-electron chi connectivity index (χ2n) is 4.52. The number of nitrogens with zero attached hydrogens (tertiary/aromatic N) is 1. The molecule has 0 aromatic heterocycles. The minimum Gasteiger partial charge on any atom is -0.378 e. The van der Waals surface area contributed by atoms with Crippen molar-refractivity contribution in [3.05, 3.63) is 64.7 Å². The molecular weight excluding hydrogens is 262 g/mol. The summed E-state index contributed by atoms with van der Waals surface area (Å²) in [6.07, 6.45) is -1.09. The second-order valence-corrected chi connectivity index (χ2v) is 4.95. The van der Waals surface area contributed by atoms with Crippen LogP contribution in [0.5, 0.6) is 0 Å². The maximum absolute atomic E-state index is 12.1. The molecule has 0 spiro atoms. The average molecular weight is 274 g/mol. The van der Waals surface area contributed by atoms with Crippen LogP contribution < -0.4 is 4.90 Å². The smallest absolute Gasteiger partial charge is 0.260 e. The number of halogens is 1. The van der Waals surface area contributed by atoms with E-state index in [-0.39, 0.29) is 5.91 Å². The molecule has 3 rings (SSSR count). The highest BCUT2D eigenvalue weighted by Gasteiger charge is 2.35. The highest BCUT2D eigenvalue weighted by molar-refractivity contribution is 6.31. The van der Waals surface area contributed by atoms with Gasteiger partial charge in [0.05, 0.1) is 12.2 Å². The molecule has 2 aromatic rings. The van der Waals surface area contributed by atoms with Crippen molar-refractivity contribution in [3.8, 4) is 0 Å². The van der Waals surface area contributed by atoms with Crippen molar-refractivity contribution in [2.45, 2.75) is 12.6 Å². The number of benzene rings is 2. The van der Waals surface area contributed by atoms with E-state index in [0.29, 0.717) is 22.8 Å². The Morgan fingerprint density at radius 2 is 1.89 bits per heavy atom. The predicted octanol–water partition coefficient (Wildman–Crippen LogP) is 2.92. The molecule has 0 saturated carbocycles. The van der Waals surface area contributed by atoms with Crippen molar-refractivity contribution < 1.29 is 9.90 Å². The third-order valence-electron chi connectivity index (χ3n) is 3.26. The molecule has 0 saturated heterocycles. The number of fused-ring (bicyclic) bond motifs is 1. The summed E-state index contributed by atoms with van der Waals surface area (Å²) in [6.45, 7) is 0.435. The van der Waals surface area contributed by atoms with Crippen molar-refractivity contribution in [1.82, 2.24) is 0 Å². The van der Waals surface area contributed by atoms with Crippen LogP contribution in [0.2, 0.25) is 5.02 Å². The van der Waals surface area contributed by atoms with Crippen LogP contribution in [0.4, 0.5) is 5.69 Å². The molecule has 1 aliphatic heterocycles. The summed E-state index contributed by atoms with van der Waals surface area (Å²) in [4.78, 5) is 13.7. The third kappa shape index (κ3) is 2.11. The van der Waals surface area contributed by atoms with Crippen LogP contribution >= 0.6 is 11.6 Å². The molecule has 1 atom stereocenters. The highest BCUT2D eigenvalue weighted by atomic mass is 35.5. The van der Waals surface area contributed by atoms with Gasteiger partial charge in [0.15, 0.2) is 6.10 Å². The van der Waals surface area contributed by atoms with Gasteiger partial charge in [0.1, 0.15) is 0 Å². The number of anilines is 1. The zero-order chi connectivity index (χ0) is 13.4. The van der Waals surface area contributed by atoms with Crippen LogP contribution in [0.15, 0.2) is 48.5 Å². The number of carbonyl (C=O) groups is 1. The van der Waals surface area contributed by atoms with Crippen LogP contribution in [0, 0.1) is 0 Å². The number of rotatable bonds is 2. The lowest BCUT2D eigenvalue weighted by molar-refractivity contribution is -0.125. The molecule has 1 amide bonds. The number of hydrogen-bond donors (Lipinski definition) is 1. The van der Waals surface area contributed by atoms with E-state index in [1.54, 1.807) is 23.1 Å². The summed E-state index contributed by atoms with van der Waals surface area (Å²) in [5.41, 5.74) is 2.31. The minimum atomic E-state index is -1.09. The van der Waals surface area contributed by atoms with Crippen molar-refractivity contribution in [1.29, 1.82) is 0 Å². The van der Waals surface area contributed by atoms with E-state index in [0.717, 1.165) is 5.56 Å². The van der Waals surface area contributed by atoms with Gasteiger partial charge in [-0.3, -0.25) is 4.79 Å². The number of hydrogen-bond acceptors (Lipinski definition) is 2. The normalized spacial score (nSPS) is 17.7. The fraction of sp³-hybridized carbons (Fsp3) is 0.133. The summed E-state index contributed by atoms with van der Waals surface area (Å²) in [5.74, 6) is -0.305.